The van der Waals surface area contributed by atoms with E-state index >= 15 is 0 Å². The zero-order valence-corrected chi connectivity index (χ0v) is 15.5. The molecule has 0 unspecified atom stereocenters. The molecule has 7 nitrogen and oxygen atoms in total. The Morgan fingerprint density at radius 3 is 2.81 bits per heavy atom. The number of carbonyl (C=O) groups is 1. The van der Waals surface area contributed by atoms with Gasteiger partial charge in [-0.1, -0.05) is 25.0 Å². The summed E-state index contributed by atoms with van der Waals surface area (Å²) in [5, 5.41) is 14.5. The molecule has 0 saturated heterocycles. The van der Waals surface area contributed by atoms with Crippen molar-refractivity contribution in [2.45, 2.75) is 31.2 Å². The highest BCUT2D eigenvalue weighted by atomic mass is 16.5. The first kappa shape index (κ1) is 17.3. The highest BCUT2D eigenvalue weighted by Crippen LogP contribution is 2.40. The lowest BCUT2D eigenvalue weighted by Gasteiger charge is -2.31. The quantitative estimate of drug-likeness (QED) is 0.728. The molecule has 0 aliphatic heterocycles. The predicted molar refractivity (Wildman–Crippen MR) is 101 cm³/mol. The minimum absolute atomic E-state index is 0.151. The van der Waals surface area contributed by atoms with Crippen molar-refractivity contribution in [2.24, 2.45) is 7.05 Å². The second-order valence-electron chi connectivity index (χ2n) is 7.04. The summed E-state index contributed by atoms with van der Waals surface area (Å²) in [5.74, 6) is 0.649. The molecule has 0 atom stereocenters. The van der Waals surface area contributed by atoms with Crippen molar-refractivity contribution >= 4 is 5.91 Å². The molecule has 2 heterocycles. The molecule has 1 fully saturated rings. The van der Waals surface area contributed by atoms with Crippen LogP contribution in [0.15, 0.2) is 42.7 Å². The molecular formula is C20H23N5O2. The number of aryl methyl sites for hydroxylation is 1. The fraction of sp³-hybridized carbons (Fsp3) is 0.350. The third-order valence-corrected chi connectivity index (χ3v) is 5.26. The number of nitrogens with zero attached hydrogens (tertiary/aromatic N) is 3. The Bertz CT molecular complexity index is 953. The number of hydrogen-bond donors (Lipinski definition) is 2. The number of hydrogen-bond acceptors (Lipinski definition) is 4. The molecule has 0 bridgehead atoms. The van der Waals surface area contributed by atoms with Gasteiger partial charge in [0.2, 0.25) is 0 Å². The monoisotopic (exact) mass is 365 g/mol. The molecule has 3 aromatic rings. The summed E-state index contributed by atoms with van der Waals surface area (Å²) in [7, 11) is 3.51. The third-order valence-electron chi connectivity index (χ3n) is 5.26. The van der Waals surface area contributed by atoms with Crippen molar-refractivity contribution in [3.8, 4) is 17.0 Å². The zero-order chi connectivity index (χ0) is 18.9. The molecule has 1 aromatic carbocycles. The van der Waals surface area contributed by atoms with E-state index in [4.69, 9.17) is 4.74 Å². The lowest BCUT2D eigenvalue weighted by molar-refractivity contribution is 0.0893. The van der Waals surface area contributed by atoms with Crippen LogP contribution in [0.25, 0.3) is 11.3 Å². The molecule has 1 aliphatic rings. The molecule has 140 valence electrons. The molecular weight excluding hydrogens is 342 g/mol. The van der Waals surface area contributed by atoms with Crippen molar-refractivity contribution in [3.05, 3.63) is 54.0 Å². The maximum atomic E-state index is 12.9. The predicted octanol–water partition coefficient (Wildman–Crippen LogP) is 3.02. The Balaban J connectivity index is 1.59. The SMILES string of the molecule is COc1cccc(C2(NC(=O)c3cc(-c4cnn(C)c4)n[nH]3)CCCC2)c1. The number of amides is 1. The van der Waals surface area contributed by atoms with E-state index in [9.17, 15) is 4.79 Å². The van der Waals surface area contributed by atoms with Gasteiger partial charge in [-0.05, 0) is 36.6 Å². The summed E-state index contributed by atoms with van der Waals surface area (Å²) < 4.78 is 7.07. The van der Waals surface area contributed by atoms with E-state index in [1.807, 2.05) is 31.4 Å². The lowest BCUT2D eigenvalue weighted by Crippen LogP contribution is -2.44. The summed E-state index contributed by atoms with van der Waals surface area (Å²) in [4.78, 5) is 12.9. The maximum absolute atomic E-state index is 12.9. The highest BCUT2D eigenvalue weighted by Gasteiger charge is 2.37. The van der Waals surface area contributed by atoms with Crippen LogP contribution in [0.3, 0.4) is 0 Å². The number of nitrogens with one attached hydrogen (secondary N) is 2. The number of carbonyl (C=O) groups excluding carboxylic acids is 1. The molecule has 7 heteroatoms. The van der Waals surface area contributed by atoms with E-state index in [2.05, 4.69) is 26.7 Å². The first-order valence-corrected chi connectivity index (χ1v) is 9.11. The Labute approximate surface area is 157 Å². The van der Waals surface area contributed by atoms with Gasteiger partial charge < -0.3 is 10.1 Å². The van der Waals surface area contributed by atoms with Crippen molar-refractivity contribution in [2.75, 3.05) is 7.11 Å². The summed E-state index contributed by atoms with van der Waals surface area (Å²) in [6.07, 6.45) is 7.59. The average Bonchev–Trinajstić information content (AvgIpc) is 3.42. The second kappa shape index (κ2) is 6.90. The van der Waals surface area contributed by atoms with Gasteiger partial charge in [-0.3, -0.25) is 14.6 Å². The highest BCUT2D eigenvalue weighted by molar-refractivity contribution is 5.94. The lowest BCUT2D eigenvalue weighted by atomic mass is 9.87. The number of benzene rings is 1. The first-order valence-electron chi connectivity index (χ1n) is 9.11. The van der Waals surface area contributed by atoms with Crippen LogP contribution >= 0.6 is 0 Å². The second-order valence-corrected chi connectivity index (χ2v) is 7.04. The Morgan fingerprint density at radius 1 is 1.30 bits per heavy atom. The van der Waals surface area contributed by atoms with Gasteiger partial charge in [-0.25, -0.2) is 0 Å². The summed E-state index contributed by atoms with van der Waals surface area (Å²) in [5.41, 5.74) is 2.74. The van der Waals surface area contributed by atoms with Crippen LogP contribution in [-0.4, -0.2) is 33.0 Å². The van der Waals surface area contributed by atoms with E-state index in [1.54, 1.807) is 24.1 Å². The number of aromatic amines is 1. The molecule has 2 aromatic heterocycles. The molecule has 0 spiro atoms. The largest absolute Gasteiger partial charge is 0.497 e. The molecule has 4 rings (SSSR count). The number of rotatable bonds is 5. The Morgan fingerprint density at radius 2 is 2.11 bits per heavy atom. The first-order chi connectivity index (χ1) is 13.1. The third kappa shape index (κ3) is 3.32. The number of ether oxygens (including phenoxy) is 1. The minimum Gasteiger partial charge on any atom is -0.497 e. The molecule has 1 saturated carbocycles. The summed E-state index contributed by atoms with van der Waals surface area (Å²) in [6, 6.07) is 9.72. The van der Waals surface area contributed by atoms with Crippen LogP contribution in [0, 0.1) is 0 Å². The number of H-pyrrole nitrogens is 1. The van der Waals surface area contributed by atoms with E-state index in [1.165, 1.54) is 0 Å². The van der Waals surface area contributed by atoms with Crippen molar-refractivity contribution in [1.29, 1.82) is 0 Å². The Hall–Kier alpha value is -3.09. The fourth-order valence-electron chi connectivity index (χ4n) is 3.81. The van der Waals surface area contributed by atoms with Crippen molar-refractivity contribution in [1.82, 2.24) is 25.3 Å². The average molecular weight is 365 g/mol. The van der Waals surface area contributed by atoms with Gasteiger partial charge in [-0.2, -0.15) is 10.2 Å². The molecule has 2 N–H and O–H groups in total. The van der Waals surface area contributed by atoms with Crippen LogP contribution in [0.5, 0.6) is 5.75 Å². The van der Waals surface area contributed by atoms with Crippen LogP contribution in [0.1, 0.15) is 41.7 Å². The van der Waals surface area contributed by atoms with Crippen LogP contribution in [0.4, 0.5) is 0 Å². The molecule has 0 radical (unpaired) electrons. The van der Waals surface area contributed by atoms with Gasteiger partial charge in [0.1, 0.15) is 11.4 Å². The van der Waals surface area contributed by atoms with Gasteiger partial charge >= 0.3 is 0 Å². The number of methoxy groups -OCH3 is 1. The summed E-state index contributed by atoms with van der Waals surface area (Å²) in [6.45, 7) is 0. The van der Waals surface area contributed by atoms with Gasteiger partial charge in [0, 0.05) is 18.8 Å². The topological polar surface area (TPSA) is 84.8 Å². The standard InChI is InChI=1S/C20H23N5O2/c1-25-13-14(12-21-25)17-11-18(24-23-17)19(26)22-20(8-3-4-9-20)15-6-5-7-16(10-15)27-2/h5-7,10-13H,3-4,8-9H2,1-2H3,(H,22,26)(H,23,24). The van der Waals surface area contributed by atoms with Gasteiger partial charge in [0.05, 0.1) is 24.5 Å². The van der Waals surface area contributed by atoms with Crippen LogP contribution in [0.2, 0.25) is 0 Å². The molecule has 1 amide bonds. The van der Waals surface area contributed by atoms with Crippen molar-refractivity contribution < 1.29 is 9.53 Å². The summed E-state index contributed by atoms with van der Waals surface area (Å²) >= 11 is 0. The van der Waals surface area contributed by atoms with Crippen LogP contribution in [-0.2, 0) is 12.6 Å². The van der Waals surface area contributed by atoms with Crippen LogP contribution < -0.4 is 10.1 Å². The number of aromatic nitrogens is 4. The fourth-order valence-corrected chi connectivity index (χ4v) is 3.81. The van der Waals surface area contributed by atoms with E-state index in [0.29, 0.717) is 11.4 Å². The zero-order valence-electron chi connectivity index (χ0n) is 15.5. The molecule has 27 heavy (non-hydrogen) atoms. The maximum Gasteiger partial charge on any atom is 0.270 e. The van der Waals surface area contributed by atoms with Gasteiger partial charge in [0.15, 0.2) is 0 Å². The normalized spacial score (nSPS) is 15.6. The Kier molecular flexibility index (Phi) is 4.43. The van der Waals surface area contributed by atoms with Gasteiger partial charge in [-0.15, -0.1) is 0 Å². The smallest absolute Gasteiger partial charge is 0.270 e. The van der Waals surface area contributed by atoms with E-state index in [-0.39, 0.29) is 11.4 Å². The van der Waals surface area contributed by atoms with E-state index < -0.39 is 0 Å². The molecule has 1 aliphatic carbocycles. The van der Waals surface area contributed by atoms with Gasteiger partial charge in [0.25, 0.3) is 5.91 Å². The van der Waals surface area contributed by atoms with Crippen molar-refractivity contribution in [3.63, 3.8) is 0 Å². The van der Waals surface area contributed by atoms with E-state index in [0.717, 1.165) is 42.6 Å². The minimum atomic E-state index is -0.370.